The van der Waals surface area contributed by atoms with Crippen LogP contribution in [0.1, 0.15) is 24.8 Å². The molecule has 2 saturated heterocycles. The average Bonchev–Trinajstić information content (AvgIpc) is 3.02. The number of hydrogen-bond donors (Lipinski definition) is 1. The molecule has 18 heavy (non-hydrogen) atoms. The maximum Gasteiger partial charge on any atom is 0.308 e. The summed E-state index contributed by atoms with van der Waals surface area (Å²) in [4.78, 5) is 25.3. The predicted octanol–water partition coefficient (Wildman–Crippen LogP) is 1.75. The first-order chi connectivity index (χ1) is 8.66. The van der Waals surface area contributed by atoms with E-state index in [1.165, 1.54) is 0 Å². The summed E-state index contributed by atoms with van der Waals surface area (Å²) >= 11 is 1.58. The van der Waals surface area contributed by atoms with E-state index in [1.807, 2.05) is 21.7 Å². The molecule has 3 atom stereocenters. The number of carbonyl (C=O) groups excluding carboxylic acids is 1. The van der Waals surface area contributed by atoms with Crippen LogP contribution >= 0.6 is 11.3 Å². The molecule has 2 bridgehead atoms. The Balaban J connectivity index is 1.73. The van der Waals surface area contributed by atoms with Crippen molar-refractivity contribution in [3.63, 3.8) is 0 Å². The van der Waals surface area contributed by atoms with E-state index in [-0.39, 0.29) is 23.9 Å². The predicted molar refractivity (Wildman–Crippen MR) is 67.4 cm³/mol. The summed E-state index contributed by atoms with van der Waals surface area (Å²) in [6.07, 6.45) is 2.85. The Morgan fingerprint density at radius 2 is 2.28 bits per heavy atom. The standard InChI is InChI=1S/C13H15NO3S/c15-12(5-8-3-4-18-7-8)14-9-1-2-11(14)10(6-9)13(16)17/h3-4,7,9-11H,1-2,5-6H2,(H,16,17). The van der Waals surface area contributed by atoms with Gasteiger partial charge in [-0.1, -0.05) is 0 Å². The van der Waals surface area contributed by atoms with E-state index in [9.17, 15) is 9.59 Å². The van der Waals surface area contributed by atoms with Crippen molar-refractivity contribution in [2.24, 2.45) is 5.92 Å². The minimum absolute atomic E-state index is 0.0707. The molecule has 0 saturated carbocycles. The van der Waals surface area contributed by atoms with Crippen molar-refractivity contribution < 1.29 is 14.7 Å². The third-order valence-electron chi connectivity index (χ3n) is 4.08. The number of thiophene rings is 1. The molecule has 3 rings (SSSR count). The van der Waals surface area contributed by atoms with E-state index < -0.39 is 5.97 Å². The lowest BCUT2D eigenvalue weighted by Gasteiger charge is -2.22. The number of carbonyl (C=O) groups is 2. The normalized spacial score (nSPS) is 29.8. The van der Waals surface area contributed by atoms with Crippen LogP contribution in [-0.4, -0.2) is 34.0 Å². The monoisotopic (exact) mass is 265 g/mol. The molecule has 3 unspecified atom stereocenters. The number of carboxylic acids is 1. The van der Waals surface area contributed by atoms with E-state index in [4.69, 9.17) is 5.11 Å². The van der Waals surface area contributed by atoms with Gasteiger partial charge in [-0.3, -0.25) is 9.59 Å². The van der Waals surface area contributed by atoms with Crippen molar-refractivity contribution >= 4 is 23.2 Å². The molecule has 1 aromatic rings. The summed E-state index contributed by atoms with van der Waals surface area (Å²) in [6.45, 7) is 0. The topological polar surface area (TPSA) is 57.6 Å². The Morgan fingerprint density at radius 1 is 1.44 bits per heavy atom. The summed E-state index contributed by atoms with van der Waals surface area (Å²) in [5.74, 6) is -1.02. The lowest BCUT2D eigenvalue weighted by atomic mass is 9.89. The van der Waals surface area contributed by atoms with Gasteiger partial charge in [-0.2, -0.15) is 11.3 Å². The Labute approximate surface area is 109 Å². The highest BCUT2D eigenvalue weighted by molar-refractivity contribution is 7.07. The van der Waals surface area contributed by atoms with E-state index >= 15 is 0 Å². The number of aliphatic carboxylic acids is 1. The fourth-order valence-electron chi connectivity index (χ4n) is 3.30. The van der Waals surface area contributed by atoms with E-state index in [1.54, 1.807) is 11.3 Å². The molecule has 2 aliphatic rings. The van der Waals surface area contributed by atoms with Crippen LogP contribution in [0.4, 0.5) is 0 Å². The molecule has 4 nitrogen and oxygen atoms in total. The van der Waals surface area contributed by atoms with Crippen LogP contribution in [0.2, 0.25) is 0 Å². The van der Waals surface area contributed by atoms with Gasteiger partial charge in [0, 0.05) is 12.1 Å². The van der Waals surface area contributed by atoms with Crippen molar-refractivity contribution in [3.8, 4) is 0 Å². The van der Waals surface area contributed by atoms with Gasteiger partial charge in [-0.25, -0.2) is 0 Å². The van der Waals surface area contributed by atoms with Gasteiger partial charge in [0.05, 0.1) is 12.3 Å². The smallest absolute Gasteiger partial charge is 0.308 e. The van der Waals surface area contributed by atoms with Crippen LogP contribution in [0.25, 0.3) is 0 Å². The first-order valence-electron chi connectivity index (χ1n) is 6.22. The van der Waals surface area contributed by atoms with E-state index in [0.29, 0.717) is 12.8 Å². The van der Waals surface area contributed by atoms with Crippen molar-refractivity contribution in [3.05, 3.63) is 22.4 Å². The van der Waals surface area contributed by atoms with Crippen molar-refractivity contribution in [1.29, 1.82) is 0 Å². The molecule has 96 valence electrons. The Hall–Kier alpha value is -1.36. The van der Waals surface area contributed by atoms with Gasteiger partial charge in [-0.05, 0) is 41.7 Å². The fraction of sp³-hybridized carbons (Fsp3) is 0.538. The van der Waals surface area contributed by atoms with Gasteiger partial charge in [0.15, 0.2) is 0 Å². The number of rotatable bonds is 3. The summed E-state index contributed by atoms with van der Waals surface area (Å²) < 4.78 is 0. The van der Waals surface area contributed by atoms with Crippen LogP contribution < -0.4 is 0 Å². The molecule has 2 aliphatic heterocycles. The summed E-state index contributed by atoms with van der Waals surface area (Å²) in [5, 5.41) is 13.1. The second-order valence-electron chi connectivity index (χ2n) is 5.09. The van der Waals surface area contributed by atoms with Gasteiger partial charge in [-0.15, -0.1) is 0 Å². The maximum atomic E-state index is 12.3. The summed E-state index contributed by atoms with van der Waals surface area (Å²) in [7, 11) is 0. The highest BCUT2D eigenvalue weighted by atomic mass is 32.1. The Kier molecular flexibility index (Phi) is 2.86. The molecule has 1 aromatic heterocycles. The number of carboxylic acid groups (broad SMARTS) is 1. The highest BCUT2D eigenvalue weighted by Gasteiger charge is 2.50. The lowest BCUT2D eigenvalue weighted by molar-refractivity contribution is -0.143. The third-order valence-corrected chi connectivity index (χ3v) is 4.81. The number of amides is 1. The molecule has 1 amide bonds. The van der Waals surface area contributed by atoms with Crippen LogP contribution in [0, 0.1) is 5.92 Å². The molecular weight excluding hydrogens is 250 g/mol. The molecule has 0 radical (unpaired) electrons. The van der Waals surface area contributed by atoms with Crippen molar-refractivity contribution in [2.75, 3.05) is 0 Å². The zero-order valence-electron chi connectivity index (χ0n) is 9.91. The minimum Gasteiger partial charge on any atom is -0.481 e. The molecule has 1 N–H and O–H groups in total. The van der Waals surface area contributed by atoms with Gasteiger partial charge >= 0.3 is 5.97 Å². The largest absolute Gasteiger partial charge is 0.481 e. The zero-order chi connectivity index (χ0) is 12.7. The first kappa shape index (κ1) is 11.7. The zero-order valence-corrected chi connectivity index (χ0v) is 10.7. The van der Waals surface area contributed by atoms with Crippen LogP contribution in [0.15, 0.2) is 16.8 Å². The minimum atomic E-state index is -0.754. The molecule has 0 aromatic carbocycles. The molecular formula is C13H15NO3S. The Bertz CT molecular complexity index is 471. The lowest BCUT2D eigenvalue weighted by Crippen LogP contribution is -2.38. The van der Waals surface area contributed by atoms with Gasteiger partial charge in [0.25, 0.3) is 0 Å². The summed E-state index contributed by atoms with van der Waals surface area (Å²) in [5.41, 5.74) is 1.03. The average molecular weight is 265 g/mol. The van der Waals surface area contributed by atoms with Gasteiger partial charge in [0.1, 0.15) is 0 Å². The Morgan fingerprint density at radius 3 is 2.89 bits per heavy atom. The van der Waals surface area contributed by atoms with Crippen molar-refractivity contribution in [1.82, 2.24) is 4.90 Å². The third kappa shape index (κ3) is 1.82. The first-order valence-corrected chi connectivity index (χ1v) is 7.16. The van der Waals surface area contributed by atoms with Gasteiger partial charge < -0.3 is 10.0 Å². The fourth-order valence-corrected chi connectivity index (χ4v) is 3.97. The van der Waals surface area contributed by atoms with Crippen LogP contribution in [0.5, 0.6) is 0 Å². The molecule has 0 spiro atoms. The number of hydrogen-bond acceptors (Lipinski definition) is 3. The molecule has 5 heteroatoms. The second kappa shape index (κ2) is 4.39. The molecule has 3 heterocycles. The maximum absolute atomic E-state index is 12.3. The van der Waals surface area contributed by atoms with E-state index in [0.717, 1.165) is 18.4 Å². The highest BCUT2D eigenvalue weighted by Crippen LogP contribution is 2.42. The SMILES string of the molecule is O=C(O)C1CC2CCC1N2C(=O)Cc1ccsc1. The quantitative estimate of drug-likeness (QED) is 0.906. The van der Waals surface area contributed by atoms with Gasteiger partial charge in [0.2, 0.25) is 5.91 Å². The number of fused-ring (bicyclic) bond motifs is 2. The summed E-state index contributed by atoms with van der Waals surface area (Å²) in [6, 6.07) is 2.04. The van der Waals surface area contributed by atoms with Crippen LogP contribution in [0.3, 0.4) is 0 Å². The second-order valence-corrected chi connectivity index (χ2v) is 5.87. The van der Waals surface area contributed by atoms with Crippen molar-refractivity contribution in [2.45, 2.75) is 37.8 Å². The number of nitrogens with zero attached hydrogens (tertiary/aromatic N) is 1. The molecule has 0 aliphatic carbocycles. The molecule has 2 fully saturated rings. The van der Waals surface area contributed by atoms with Crippen LogP contribution in [-0.2, 0) is 16.0 Å². The van der Waals surface area contributed by atoms with E-state index in [2.05, 4.69) is 0 Å².